The SMILES string of the molecule is Nc1cc(CN2CCN(C(=O)c3ccc(Br)cc3)CC2)ccn1. The smallest absolute Gasteiger partial charge is 0.253 e. The first kappa shape index (κ1) is 16.0. The minimum absolute atomic E-state index is 0.102. The molecule has 3 rings (SSSR count). The molecule has 1 aliphatic heterocycles. The summed E-state index contributed by atoms with van der Waals surface area (Å²) in [5, 5.41) is 0. The maximum atomic E-state index is 12.5. The van der Waals surface area contributed by atoms with E-state index in [1.807, 2.05) is 41.3 Å². The van der Waals surface area contributed by atoms with Crippen LogP contribution in [0.3, 0.4) is 0 Å². The van der Waals surface area contributed by atoms with Crippen LogP contribution >= 0.6 is 15.9 Å². The Labute approximate surface area is 144 Å². The number of benzene rings is 1. The molecule has 0 bridgehead atoms. The number of nitrogens with zero attached hydrogens (tertiary/aromatic N) is 3. The lowest BCUT2D eigenvalue weighted by molar-refractivity contribution is 0.0628. The van der Waals surface area contributed by atoms with Gasteiger partial charge in [-0.1, -0.05) is 15.9 Å². The Morgan fingerprint density at radius 2 is 1.83 bits per heavy atom. The topological polar surface area (TPSA) is 62.5 Å². The fourth-order valence-corrected chi connectivity index (χ4v) is 3.00. The number of rotatable bonds is 3. The van der Waals surface area contributed by atoms with Crippen LogP contribution in [-0.2, 0) is 6.54 Å². The number of halogens is 1. The van der Waals surface area contributed by atoms with Crippen LogP contribution in [0.4, 0.5) is 5.82 Å². The van der Waals surface area contributed by atoms with Gasteiger partial charge in [0.05, 0.1) is 0 Å². The fraction of sp³-hybridized carbons (Fsp3) is 0.294. The molecule has 1 saturated heterocycles. The van der Waals surface area contributed by atoms with Crippen LogP contribution in [0.1, 0.15) is 15.9 Å². The van der Waals surface area contributed by atoms with Crippen molar-refractivity contribution < 1.29 is 4.79 Å². The van der Waals surface area contributed by atoms with E-state index in [1.54, 1.807) is 6.20 Å². The van der Waals surface area contributed by atoms with Gasteiger partial charge in [0.15, 0.2) is 0 Å². The summed E-state index contributed by atoms with van der Waals surface area (Å²) < 4.78 is 0.982. The summed E-state index contributed by atoms with van der Waals surface area (Å²) in [5.41, 5.74) is 7.61. The number of piperazine rings is 1. The molecule has 0 atom stereocenters. The Bertz CT molecular complexity index is 681. The van der Waals surface area contributed by atoms with Crippen LogP contribution in [0, 0.1) is 0 Å². The number of carbonyl (C=O) groups is 1. The average Bonchev–Trinajstić information content (AvgIpc) is 2.56. The molecule has 1 fully saturated rings. The highest BCUT2D eigenvalue weighted by Crippen LogP contribution is 2.15. The van der Waals surface area contributed by atoms with Crippen molar-refractivity contribution >= 4 is 27.7 Å². The largest absolute Gasteiger partial charge is 0.384 e. The molecule has 1 aliphatic rings. The molecule has 1 aromatic heterocycles. The zero-order valence-corrected chi connectivity index (χ0v) is 14.4. The molecule has 23 heavy (non-hydrogen) atoms. The van der Waals surface area contributed by atoms with Crippen molar-refractivity contribution in [2.75, 3.05) is 31.9 Å². The van der Waals surface area contributed by atoms with Crippen molar-refractivity contribution in [1.29, 1.82) is 0 Å². The van der Waals surface area contributed by atoms with Crippen molar-refractivity contribution in [1.82, 2.24) is 14.8 Å². The maximum Gasteiger partial charge on any atom is 0.253 e. The standard InChI is InChI=1S/C17H19BrN4O/c18-15-3-1-14(2-4-15)17(23)22-9-7-21(8-10-22)12-13-5-6-20-16(19)11-13/h1-6,11H,7-10,12H2,(H2,19,20). The summed E-state index contributed by atoms with van der Waals surface area (Å²) in [4.78, 5) is 20.7. The molecular formula is C17H19BrN4O. The molecule has 2 aromatic rings. The minimum atomic E-state index is 0.102. The van der Waals surface area contributed by atoms with Crippen LogP contribution in [-0.4, -0.2) is 46.9 Å². The summed E-state index contributed by atoms with van der Waals surface area (Å²) >= 11 is 3.39. The van der Waals surface area contributed by atoms with Gasteiger partial charge < -0.3 is 10.6 Å². The quantitative estimate of drug-likeness (QED) is 0.895. The minimum Gasteiger partial charge on any atom is -0.384 e. The van der Waals surface area contributed by atoms with Gasteiger partial charge in [0.2, 0.25) is 0 Å². The zero-order chi connectivity index (χ0) is 16.2. The Kier molecular flexibility index (Phi) is 4.93. The van der Waals surface area contributed by atoms with Gasteiger partial charge in [-0.3, -0.25) is 9.69 Å². The van der Waals surface area contributed by atoms with Gasteiger partial charge in [0, 0.05) is 49.0 Å². The van der Waals surface area contributed by atoms with E-state index in [0.29, 0.717) is 5.82 Å². The van der Waals surface area contributed by atoms with E-state index in [0.717, 1.165) is 48.3 Å². The highest BCUT2D eigenvalue weighted by Gasteiger charge is 2.22. The highest BCUT2D eigenvalue weighted by atomic mass is 79.9. The van der Waals surface area contributed by atoms with Crippen LogP contribution in [0.5, 0.6) is 0 Å². The van der Waals surface area contributed by atoms with E-state index >= 15 is 0 Å². The number of nitrogen functional groups attached to an aromatic ring is 1. The Morgan fingerprint density at radius 1 is 1.13 bits per heavy atom. The van der Waals surface area contributed by atoms with Crippen molar-refractivity contribution in [2.24, 2.45) is 0 Å². The van der Waals surface area contributed by atoms with Gasteiger partial charge in [-0.05, 0) is 42.0 Å². The molecule has 5 nitrogen and oxygen atoms in total. The van der Waals surface area contributed by atoms with Gasteiger partial charge in [-0.25, -0.2) is 4.98 Å². The number of anilines is 1. The van der Waals surface area contributed by atoms with E-state index in [-0.39, 0.29) is 5.91 Å². The summed E-state index contributed by atoms with van der Waals surface area (Å²) in [6.45, 7) is 4.06. The number of amides is 1. The molecule has 0 unspecified atom stereocenters. The highest BCUT2D eigenvalue weighted by molar-refractivity contribution is 9.10. The van der Waals surface area contributed by atoms with E-state index in [2.05, 4.69) is 25.8 Å². The summed E-state index contributed by atoms with van der Waals surface area (Å²) in [6, 6.07) is 11.4. The monoisotopic (exact) mass is 374 g/mol. The first-order chi connectivity index (χ1) is 11.1. The first-order valence-electron chi connectivity index (χ1n) is 7.59. The summed E-state index contributed by atoms with van der Waals surface area (Å²) in [6.07, 6.45) is 1.73. The van der Waals surface area contributed by atoms with E-state index in [9.17, 15) is 4.79 Å². The molecule has 2 N–H and O–H groups in total. The lowest BCUT2D eigenvalue weighted by atomic mass is 10.1. The van der Waals surface area contributed by atoms with Crippen LogP contribution in [0.2, 0.25) is 0 Å². The number of hydrogen-bond acceptors (Lipinski definition) is 4. The zero-order valence-electron chi connectivity index (χ0n) is 12.8. The maximum absolute atomic E-state index is 12.5. The summed E-state index contributed by atoms with van der Waals surface area (Å²) in [7, 11) is 0. The predicted octanol–water partition coefficient (Wildman–Crippen LogP) is 2.38. The Morgan fingerprint density at radius 3 is 2.48 bits per heavy atom. The van der Waals surface area contributed by atoms with Crippen molar-refractivity contribution in [3.8, 4) is 0 Å². The number of nitrogens with two attached hydrogens (primary N) is 1. The molecule has 1 amide bonds. The summed E-state index contributed by atoms with van der Waals surface area (Å²) in [5.74, 6) is 0.650. The number of carbonyl (C=O) groups excluding carboxylic acids is 1. The van der Waals surface area contributed by atoms with E-state index in [4.69, 9.17) is 5.73 Å². The van der Waals surface area contributed by atoms with Crippen molar-refractivity contribution in [3.05, 3.63) is 58.2 Å². The molecular weight excluding hydrogens is 356 g/mol. The molecule has 2 heterocycles. The Hall–Kier alpha value is -1.92. The van der Waals surface area contributed by atoms with Gasteiger partial charge in [-0.15, -0.1) is 0 Å². The van der Waals surface area contributed by atoms with Crippen LogP contribution in [0.25, 0.3) is 0 Å². The third kappa shape index (κ3) is 4.09. The molecule has 0 saturated carbocycles. The first-order valence-corrected chi connectivity index (χ1v) is 8.39. The predicted molar refractivity (Wildman–Crippen MR) is 94.0 cm³/mol. The molecule has 120 valence electrons. The van der Waals surface area contributed by atoms with Gasteiger partial charge in [-0.2, -0.15) is 0 Å². The molecule has 0 aliphatic carbocycles. The Balaban J connectivity index is 1.55. The van der Waals surface area contributed by atoms with Gasteiger partial charge >= 0.3 is 0 Å². The van der Waals surface area contributed by atoms with Gasteiger partial charge in [0.25, 0.3) is 5.91 Å². The number of pyridine rings is 1. The third-order valence-electron chi connectivity index (χ3n) is 4.00. The van der Waals surface area contributed by atoms with Crippen molar-refractivity contribution in [3.63, 3.8) is 0 Å². The lowest BCUT2D eigenvalue weighted by Crippen LogP contribution is -2.48. The number of hydrogen-bond donors (Lipinski definition) is 1. The number of aromatic nitrogens is 1. The molecule has 1 aromatic carbocycles. The van der Waals surface area contributed by atoms with Gasteiger partial charge in [0.1, 0.15) is 5.82 Å². The van der Waals surface area contributed by atoms with Crippen LogP contribution in [0.15, 0.2) is 47.1 Å². The molecule has 0 spiro atoms. The van der Waals surface area contributed by atoms with Crippen molar-refractivity contribution in [2.45, 2.75) is 6.54 Å². The fourth-order valence-electron chi connectivity index (χ4n) is 2.74. The van der Waals surface area contributed by atoms with E-state index < -0.39 is 0 Å². The third-order valence-corrected chi connectivity index (χ3v) is 4.53. The second-order valence-electron chi connectivity index (χ2n) is 5.66. The molecule has 6 heteroatoms. The normalized spacial score (nSPS) is 15.6. The second-order valence-corrected chi connectivity index (χ2v) is 6.58. The molecule has 0 radical (unpaired) electrons. The van der Waals surface area contributed by atoms with E-state index in [1.165, 1.54) is 0 Å². The van der Waals surface area contributed by atoms with Crippen LogP contribution < -0.4 is 5.73 Å². The lowest BCUT2D eigenvalue weighted by Gasteiger charge is -2.34. The second kappa shape index (κ2) is 7.10. The average molecular weight is 375 g/mol.